The maximum absolute atomic E-state index is 12.2. The van der Waals surface area contributed by atoms with Crippen LogP contribution in [0.25, 0.3) is 10.9 Å². The molecule has 0 atom stereocenters. The van der Waals surface area contributed by atoms with Crippen LogP contribution in [0.1, 0.15) is 32.8 Å². The van der Waals surface area contributed by atoms with Crippen molar-refractivity contribution in [3.63, 3.8) is 0 Å². The van der Waals surface area contributed by atoms with E-state index in [1.807, 2.05) is 25.3 Å². The summed E-state index contributed by atoms with van der Waals surface area (Å²) in [6, 6.07) is 8.25. The average molecular weight is 288 g/mol. The van der Waals surface area contributed by atoms with Gasteiger partial charge in [0.2, 0.25) is 5.91 Å². The zero-order valence-corrected chi connectivity index (χ0v) is 13.0. The van der Waals surface area contributed by atoms with Crippen LogP contribution >= 0.6 is 0 Å². The Morgan fingerprint density at radius 3 is 2.76 bits per heavy atom. The van der Waals surface area contributed by atoms with Crippen LogP contribution in [0.15, 0.2) is 30.5 Å². The number of hydrogen-bond acceptors (Lipinski definition) is 2. The summed E-state index contributed by atoms with van der Waals surface area (Å²) in [4.78, 5) is 17.1. The van der Waals surface area contributed by atoms with Crippen molar-refractivity contribution in [2.45, 2.75) is 39.2 Å². The van der Waals surface area contributed by atoms with E-state index in [0.717, 1.165) is 17.5 Å². The number of aliphatic hydroxyl groups is 1. The second kappa shape index (κ2) is 6.31. The number of fused-ring (bicyclic) bond motifs is 1. The molecule has 0 radical (unpaired) electrons. The molecule has 2 rings (SSSR count). The van der Waals surface area contributed by atoms with Gasteiger partial charge in [-0.25, -0.2) is 0 Å². The molecule has 0 aliphatic carbocycles. The van der Waals surface area contributed by atoms with E-state index in [2.05, 4.69) is 17.1 Å². The lowest BCUT2D eigenvalue weighted by Crippen LogP contribution is -2.42. The Morgan fingerprint density at radius 1 is 1.33 bits per heavy atom. The first-order chi connectivity index (χ1) is 9.89. The van der Waals surface area contributed by atoms with Crippen LogP contribution in [-0.2, 0) is 11.2 Å². The minimum absolute atomic E-state index is 0.0915. The molecule has 2 N–H and O–H groups in total. The van der Waals surface area contributed by atoms with Gasteiger partial charge in [-0.2, -0.15) is 0 Å². The minimum atomic E-state index is -0.851. The minimum Gasteiger partial charge on any atom is -0.389 e. The largest absolute Gasteiger partial charge is 0.389 e. The first-order valence-electron chi connectivity index (χ1n) is 7.45. The Bertz CT molecular complexity index is 611. The van der Waals surface area contributed by atoms with Crippen molar-refractivity contribution in [2.75, 3.05) is 13.1 Å². The molecular formula is C17H24N2O2. The van der Waals surface area contributed by atoms with E-state index >= 15 is 0 Å². The van der Waals surface area contributed by atoms with Crippen LogP contribution in [0.2, 0.25) is 0 Å². The number of nitrogens with zero attached hydrogens (tertiary/aromatic N) is 1. The third kappa shape index (κ3) is 4.33. The van der Waals surface area contributed by atoms with Gasteiger partial charge in [0.05, 0.1) is 5.60 Å². The molecule has 1 heterocycles. The highest BCUT2D eigenvalue weighted by atomic mass is 16.3. The van der Waals surface area contributed by atoms with Crippen molar-refractivity contribution in [2.24, 2.45) is 0 Å². The van der Waals surface area contributed by atoms with Gasteiger partial charge in [-0.3, -0.25) is 4.79 Å². The fourth-order valence-corrected chi connectivity index (χ4v) is 2.51. The van der Waals surface area contributed by atoms with Crippen LogP contribution in [0.3, 0.4) is 0 Å². The second-order valence-electron chi connectivity index (χ2n) is 6.12. The van der Waals surface area contributed by atoms with E-state index in [1.54, 1.807) is 18.7 Å². The highest BCUT2D eigenvalue weighted by Gasteiger charge is 2.20. The van der Waals surface area contributed by atoms with Crippen molar-refractivity contribution >= 4 is 16.8 Å². The zero-order chi connectivity index (χ0) is 15.5. The predicted molar refractivity (Wildman–Crippen MR) is 85.2 cm³/mol. The summed E-state index contributed by atoms with van der Waals surface area (Å²) in [6.45, 7) is 6.39. The van der Waals surface area contributed by atoms with Gasteiger partial charge in [-0.15, -0.1) is 0 Å². The number of carbonyl (C=O) groups excluding carboxylic acids is 1. The Morgan fingerprint density at radius 2 is 2.10 bits per heavy atom. The number of aromatic nitrogens is 1. The third-order valence-corrected chi connectivity index (χ3v) is 3.56. The van der Waals surface area contributed by atoms with Crippen LogP contribution in [0, 0.1) is 0 Å². The van der Waals surface area contributed by atoms with Crippen molar-refractivity contribution < 1.29 is 9.90 Å². The molecule has 114 valence electrons. The fourth-order valence-electron chi connectivity index (χ4n) is 2.51. The van der Waals surface area contributed by atoms with Gasteiger partial charge in [0, 0.05) is 31.2 Å². The van der Waals surface area contributed by atoms with Gasteiger partial charge in [0.1, 0.15) is 0 Å². The molecule has 0 fully saturated rings. The molecule has 0 spiro atoms. The number of benzene rings is 1. The summed E-state index contributed by atoms with van der Waals surface area (Å²) in [5, 5.41) is 11.0. The van der Waals surface area contributed by atoms with Gasteiger partial charge in [0.25, 0.3) is 0 Å². The smallest absolute Gasteiger partial charge is 0.222 e. The van der Waals surface area contributed by atoms with Crippen molar-refractivity contribution in [1.82, 2.24) is 9.88 Å². The van der Waals surface area contributed by atoms with E-state index in [9.17, 15) is 9.90 Å². The van der Waals surface area contributed by atoms with Gasteiger partial charge in [-0.1, -0.05) is 6.07 Å². The number of likely N-dealkylation sites (N-methyl/N-ethyl adjacent to an activating group) is 1. The van der Waals surface area contributed by atoms with Gasteiger partial charge < -0.3 is 15.0 Å². The van der Waals surface area contributed by atoms with Crippen molar-refractivity contribution in [1.29, 1.82) is 0 Å². The first-order valence-corrected chi connectivity index (χ1v) is 7.45. The number of amides is 1. The predicted octanol–water partition coefficient (Wildman–Crippen LogP) is 2.72. The second-order valence-corrected chi connectivity index (χ2v) is 6.12. The van der Waals surface area contributed by atoms with Gasteiger partial charge in [0.15, 0.2) is 0 Å². The SMILES string of the molecule is CCN(CC(C)(C)O)C(=O)CCc1ccc2[nH]ccc2c1. The van der Waals surface area contributed by atoms with Crippen LogP contribution < -0.4 is 0 Å². The van der Waals surface area contributed by atoms with Crippen molar-refractivity contribution in [3.8, 4) is 0 Å². The molecule has 1 amide bonds. The highest BCUT2D eigenvalue weighted by Crippen LogP contribution is 2.16. The van der Waals surface area contributed by atoms with E-state index in [1.165, 1.54) is 5.39 Å². The Labute approximate surface area is 125 Å². The topological polar surface area (TPSA) is 56.3 Å². The normalized spacial score (nSPS) is 11.8. The molecule has 0 bridgehead atoms. The number of aryl methyl sites for hydroxylation is 1. The monoisotopic (exact) mass is 288 g/mol. The summed E-state index contributed by atoms with van der Waals surface area (Å²) >= 11 is 0. The van der Waals surface area contributed by atoms with E-state index in [0.29, 0.717) is 19.5 Å². The lowest BCUT2D eigenvalue weighted by Gasteiger charge is -2.28. The number of nitrogens with one attached hydrogen (secondary N) is 1. The lowest BCUT2D eigenvalue weighted by atomic mass is 10.1. The van der Waals surface area contributed by atoms with Gasteiger partial charge >= 0.3 is 0 Å². The van der Waals surface area contributed by atoms with Crippen LogP contribution in [0.4, 0.5) is 0 Å². The number of aromatic amines is 1. The third-order valence-electron chi connectivity index (χ3n) is 3.56. The molecule has 0 saturated carbocycles. The van der Waals surface area contributed by atoms with E-state index in [-0.39, 0.29) is 5.91 Å². The molecule has 4 heteroatoms. The quantitative estimate of drug-likeness (QED) is 0.858. The molecule has 4 nitrogen and oxygen atoms in total. The maximum Gasteiger partial charge on any atom is 0.222 e. The molecular weight excluding hydrogens is 264 g/mol. The molecule has 0 unspecified atom stereocenters. The molecule has 21 heavy (non-hydrogen) atoms. The molecule has 1 aromatic carbocycles. The summed E-state index contributed by atoms with van der Waals surface area (Å²) in [5.74, 6) is 0.0915. The molecule has 1 aromatic heterocycles. The Balaban J connectivity index is 1.95. The summed E-state index contributed by atoms with van der Waals surface area (Å²) in [6.07, 6.45) is 3.11. The molecule has 2 aromatic rings. The zero-order valence-electron chi connectivity index (χ0n) is 13.0. The molecule has 0 aliphatic heterocycles. The van der Waals surface area contributed by atoms with Crippen LogP contribution in [-0.4, -0.2) is 39.6 Å². The number of carbonyl (C=O) groups is 1. The van der Waals surface area contributed by atoms with E-state index in [4.69, 9.17) is 0 Å². The van der Waals surface area contributed by atoms with Gasteiger partial charge in [-0.05, 0) is 56.3 Å². The van der Waals surface area contributed by atoms with Crippen LogP contribution in [0.5, 0.6) is 0 Å². The summed E-state index contributed by atoms with van der Waals surface area (Å²) in [7, 11) is 0. The average Bonchev–Trinajstić information content (AvgIpc) is 2.88. The summed E-state index contributed by atoms with van der Waals surface area (Å²) < 4.78 is 0. The fraction of sp³-hybridized carbons (Fsp3) is 0.471. The molecule has 0 aliphatic rings. The number of H-pyrrole nitrogens is 1. The number of hydrogen-bond donors (Lipinski definition) is 2. The highest BCUT2D eigenvalue weighted by molar-refractivity contribution is 5.80. The Kier molecular flexibility index (Phi) is 4.68. The van der Waals surface area contributed by atoms with E-state index < -0.39 is 5.60 Å². The molecule has 0 saturated heterocycles. The summed E-state index contributed by atoms with van der Waals surface area (Å²) in [5.41, 5.74) is 1.42. The number of rotatable bonds is 6. The first kappa shape index (κ1) is 15.6. The lowest BCUT2D eigenvalue weighted by molar-refractivity contribution is -0.133. The van der Waals surface area contributed by atoms with Crippen molar-refractivity contribution in [3.05, 3.63) is 36.0 Å². The maximum atomic E-state index is 12.2. The Hall–Kier alpha value is -1.81. The standard InChI is InChI=1S/C17H24N2O2/c1-4-19(12-17(2,3)21)16(20)8-6-13-5-7-15-14(11-13)9-10-18-15/h5,7,9-11,18,21H,4,6,8,12H2,1-3H3.